The normalized spacial score (nSPS) is 10.5. The van der Waals surface area contributed by atoms with Crippen molar-refractivity contribution in [2.45, 2.75) is 26.7 Å². The third-order valence-electron chi connectivity index (χ3n) is 2.73. The summed E-state index contributed by atoms with van der Waals surface area (Å²) in [6.07, 6.45) is 3.25. The van der Waals surface area contributed by atoms with E-state index in [1.54, 1.807) is 6.20 Å². The Morgan fingerprint density at radius 1 is 1.26 bits per heavy atom. The molecule has 2 aromatic rings. The second-order valence-electron chi connectivity index (χ2n) is 4.13. The lowest BCUT2D eigenvalue weighted by molar-refractivity contribution is 0.304. The Hall–Kier alpha value is -1.68. The van der Waals surface area contributed by atoms with Crippen molar-refractivity contribution >= 4 is 11.6 Å². The van der Waals surface area contributed by atoms with Crippen LogP contribution in [0.5, 0.6) is 5.88 Å². The Kier molecular flexibility index (Phi) is 4.68. The molecule has 0 fully saturated rings. The van der Waals surface area contributed by atoms with Crippen LogP contribution < -0.4 is 4.74 Å². The van der Waals surface area contributed by atoms with Crippen LogP contribution in [0.4, 0.5) is 0 Å². The van der Waals surface area contributed by atoms with Crippen LogP contribution in [0.3, 0.4) is 0 Å². The summed E-state index contributed by atoms with van der Waals surface area (Å²) in [6, 6.07) is 5.83. The summed E-state index contributed by atoms with van der Waals surface area (Å²) < 4.78 is 5.69. The zero-order valence-electron chi connectivity index (χ0n) is 11.1. The van der Waals surface area contributed by atoms with Gasteiger partial charge in [-0.1, -0.05) is 24.6 Å². The van der Waals surface area contributed by atoms with Gasteiger partial charge in [-0.05, 0) is 19.1 Å². The molecular formula is C14H16ClN3O. The van der Waals surface area contributed by atoms with Gasteiger partial charge in [0.25, 0.3) is 0 Å². The first-order valence-corrected chi connectivity index (χ1v) is 6.64. The highest BCUT2D eigenvalue weighted by molar-refractivity contribution is 6.30. The smallest absolute Gasteiger partial charge is 0.221 e. The van der Waals surface area contributed by atoms with Gasteiger partial charge >= 0.3 is 0 Å². The van der Waals surface area contributed by atoms with Crippen molar-refractivity contribution in [3.63, 3.8) is 0 Å². The van der Waals surface area contributed by atoms with Gasteiger partial charge in [-0.2, -0.15) is 4.98 Å². The molecule has 0 amide bonds. The maximum atomic E-state index is 6.05. The molecule has 0 aliphatic rings. The van der Waals surface area contributed by atoms with Crippen LogP contribution >= 0.6 is 11.6 Å². The quantitative estimate of drug-likeness (QED) is 0.788. The van der Waals surface area contributed by atoms with Gasteiger partial charge in [-0.3, -0.25) is 4.98 Å². The van der Waals surface area contributed by atoms with E-state index < -0.39 is 0 Å². The summed E-state index contributed by atoms with van der Waals surface area (Å²) in [7, 11) is 0. The third kappa shape index (κ3) is 3.64. The van der Waals surface area contributed by atoms with Crippen molar-refractivity contribution in [1.82, 2.24) is 15.0 Å². The zero-order valence-corrected chi connectivity index (χ0v) is 11.8. The molecule has 5 heteroatoms. The molecule has 0 unspecified atom stereocenters. The van der Waals surface area contributed by atoms with Gasteiger partial charge in [0.2, 0.25) is 5.88 Å². The lowest BCUT2D eigenvalue weighted by atomic mass is 10.3. The topological polar surface area (TPSA) is 47.9 Å². The van der Waals surface area contributed by atoms with Gasteiger partial charge < -0.3 is 4.74 Å². The summed E-state index contributed by atoms with van der Waals surface area (Å²) in [4.78, 5) is 12.8. The number of ether oxygens (including phenoxy) is 1. The number of hydrogen-bond donors (Lipinski definition) is 0. The van der Waals surface area contributed by atoms with Crippen molar-refractivity contribution in [1.29, 1.82) is 0 Å². The summed E-state index contributed by atoms with van der Waals surface area (Å²) in [6.45, 7) is 4.37. The zero-order chi connectivity index (χ0) is 13.7. The Labute approximate surface area is 117 Å². The first-order chi connectivity index (χ1) is 9.20. The molecule has 0 bridgehead atoms. The van der Waals surface area contributed by atoms with Crippen LogP contribution in [0, 0.1) is 6.92 Å². The molecule has 19 heavy (non-hydrogen) atoms. The molecular weight excluding hydrogens is 262 g/mol. The van der Waals surface area contributed by atoms with Gasteiger partial charge in [0.1, 0.15) is 11.0 Å². The van der Waals surface area contributed by atoms with Crippen molar-refractivity contribution in [2.24, 2.45) is 0 Å². The molecule has 2 heterocycles. The Bertz CT molecular complexity index is 546. The van der Waals surface area contributed by atoms with Crippen LogP contribution in [0.2, 0.25) is 5.15 Å². The molecule has 0 saturated carbocycles. The number of pyridine rings is 1. The number of nitrogens with zero attached hydrogens (tertiary/aromatic N) is 3. The highest BCUT2D eigenvalue weighted by Crippen LogP contribution is 2.22. The van der Waals surface area contributed by atoms with E-state index >= 15 is 0 Å². The Morgan fingerprint density at radius 2 is 2.11 bits per heavy atom. The number of aryl methyl sites for hydroxylation is 1. The molecule has 2 rings (SSSR count). The fraction of sp³-hybridized carbons (Fsp3) is 0.357. The predicted molar refractivity (Wildman–Crippen MR) is 74.6 cm³/mol. The van der Waals surface area contributed by atoms with E-state index in [0.29, 0.717) is 23.5 Å². The fourth-order valence-electron chi connectivity index (χ4n) is 1.61. The summed E-state index contributed by atoms with van der Waals surface area (Å²) >= 11 is 6.05. The molecule has 0 aromatic carbocycles. The number of rotatable bonds is 5. The van der Waals surface area contributed by atoms with E-state index in [2.05, 4.69) is 15.0 Å². The average Bonchev–Trinajstić information content (AvgIpc) is 2.44. The Balaban J connectivity index is 2.01. The van der Waals surface area contributed by atoms with E-state index in [1.807, 2.05) is 32.0 Å². The molecule has 4 nitrogen and oxygen atoms in total. The largest absolute Gasteiger partial charge is 0.477 e. The molecule has 0 aliphatic carbocycles. The second kappa shape index (κ2) is 6.48. The van der Waals surface area contributed by atoms with Gasteiger partial charge in [-0.25, -0.2) is 4.98 Å². The van der Waals surface area contributed by atoms with E-state index in [1.165, 1.54) is 0 Å². The molecule has 2 aromatic heterocycles. The van der Waals surface area contributed by atoms with E-state index in [0.717, 1.165) is 24.1 Å². The summed E-state index contributed by atoms with van der Waals surface area (Å²) in [5, 5.41) is 0.458. The minimum Gasteiger partial charge on any atom is -0.477 e. The second-order valence-corrected chi connectivity index (χ2v) is 4.49. The van der Waals surface area contributed by atoms with Crippen molar-refractivity contribution in [3.8, 4) is 5.88 Å². The maximum absolute atomic E-state index is 6.05. The minimum atomic E-state index is 0.458. The summed E-state index contributed by atoms with van der Waals surface area (Å²) in [5.41, 5.74) is 1.77. The molecule has 0 spiro atoms. The lowest BCUT2D eigenvalue weighted by Crippen LogP contribution is -2.07. The van der Waals surface area contributed by atoms with Crippen molar-refractivity contribution in [3.05, 3.63) is 46.6 Å². The lowest BCUT2D eigenvalue weighted by Gasteiger charge is -2.10. The monoisotopic (exact) mass is 277 g/mol. The highest BCUT2D eigenvalue weighted by Gasteiger charge is 2.09. The Morgan fingerprint density at radius 3 is 2.79 bits per heavy atom. The van der Waals surface area contributed by atoms with Gasteiger partial charge in [0, 0.05) is 30.3 Å². The van der Waals surface area contributed by atoms with Crippen LogP contribution in [0.25, 0.3) is 0 Å². The highest BCUT2D eigenvalue weighted by atomic mass is 35.5. The first-order valence-electron chi connectivity index (χ1n) is 6.26. The van der Waals surface area contributed by atoms with Crippen LogP contribution in [-0.2, 0) is 12.8 Å². The maximum Gasteiger partial charge on any atom is 0.221 e. The standard InChI is InChI=1S/C14H16ClN3O/c1-3-12-17-13(15)10(2)14(18-12)19-9-7-11-6-4-5-8-16-11/h4-6,8H,3,7,9H2,1-2H3. The molecule has 0 aliphatic heterocycles. The SMILES string of the molecule is CCc1nc(Cl)c(C)c(OCCc2ccccn2)n1. The van der Waals surface area contributed by atoms with Gasteiger partial charge in [-0.15, -0.1) is 0 Å². The van der Waals surface area contributed by atoms with Gasteiger partial charge in [0.05, 0.1) is 6.61 Å². The van der Waals surface area contributed by atoms with Crippen molar-refractivity contribution < 1.29 is 4.74 Å². The van der Waals surface area contributed by atoms with Crippen LogP contribution in [0.1, 0.15) is 24.0 Å². The van der Waals surface area contributed by atoms with E-state index in [9.17, 15) is 0 Å². The van der Waals surface area contributed by atoms with E-state index in [4.69, 9.17) is 16.3 Å². The van der Waals surface area contributed by atoms with Crippen molar-refractivity contribution in [2.75, 3.05) is 6.61 Å². The average molecular weight is 278 g/mol. The number of aromatic nitrogens is 3. The molecule has 0 saturated heterocycles. The molecule has 100 valence electrons. The van der Waals surface area contributed by atoms with E-state index in [-0.39, 0.29) is 0 Å². The van der Waals surface area contributed by atoms with Gasteiger partial charge in [0.15, 0.2) is 0 Å². The fourth-order valence-corrected chi connectivity index (χ4v) is 1.79. The van der Waals surface area contributed by atoms with Crippen LogP contribution in [0.15, 0.2) is 24.4 Å². The molecule has 0 atom stereocenters. The molecule has 0 radical (unpaired) electrons. The number of halogens is 1. The first kappa shape index (κ1) is 13.7. The predicted octanol–water partition coefficient (Wildman–Crippen LogP) is 3.02. The third-order valence-corrected chi connectivity index (χ3v) is 3.10. The summed E-state index contributed by atoms with van der Waals surface area (Å²) in [5.74, 6) is 1.26. The molecule has 0 N–H and O–H groups in total. The number of hydrogen-bond acceptors (Lipinski definition) is 4. The minimum absolute atomic E-state index is 0.458. The van der Waals surface area contributed by atoms with Crippen LogP contribution in [-0.4, -0.2) is 21.6 Å².